The number of ether oxygens (including phenoxy) is 1. The molecule has 2 heterocycles. The van der Waals surface area contributed by atoms with Crippen LogP contribution in [-0.2, 0) is 5.41 Å². The minimum Gasteiger partial charge on any atom is -0.492 e. The Morgan fingerprint density at radius 3 is 2.57 bits per heavy atom. The Morgan fingerprint density at radius 1 is 1.13 bits per heavy atom. The quantitative estimate of drug-likeness (QED) is 0.854. The molecule has 2 N–H and O–H groups in total. The Balaban J connectivity index is 1.82. The Kier molecular flexibility index (Phi) is 3.92. The van der Waals surface area contributed by atoms with Gasteiger partial charge in [-0.1, -0.05) is 26.0 Å². The standard InChI is InChI=1S/C17H23N3O3/c1-17(2)11-23-14-12(5-3-6-13(14)17)15(21)19-7-4-8-20(10-9-19)16(18)22/h3,5-6H,4,7-11H2,1-2H3,(H2,18,22). The van der Waals surface area contributed by atoms with Crippen molar-refractivity contribution in [3.8, 4) is 5.75 Å². The first kappa shape index (κ1) is 15.6. The molecule has 0 aromatic heterocycles. The maximum Gasteiger partial charge on any atom is 0.314 e. The van der Waals surface area contributed by atoms with Crippen molar-refractivity contribution in [2.24, 2.45) is 5.73 Å². The van der Waals surface area contributed by atoms with Crippen LogP contribution < -0.4 is 10.5 Å². The molecule has 0 atom stereocenters. The summed E-state index contributed by atoms with van der Waals surface area (Å²) in [4.78, 5) is 27.6. The molecule has 2 aliphatic heterocycles. The molecule has 3 amide bonds. The average molecular weight is 317 g/mol. The maximum absolute atomic E-state index is 12.9. The predicted molar refractivity (Wildman–Crippen MR) is 86.6 cm³/mol. The summed E-state index contributed by atoms with van der Waals surface area (Å²) in [6.07, 6.45) is 0.732. The van der Waals surface area contributed by atoms with Crippen molar-refractivity contribution in [3.05, 3.63) is 29.3 Å². The highest BCUT2D eigenvalue weighted by molar-refractivity contribution is 5.97. The number of nitrogens with two attached hydrogens (primary N) is 1. The van der Waals surface area contributed by atoms with Gasteiger partial charge in [-0.05, 0) is 12.5 Å². The number of primary amides is 1. The molecule has 1 fully saturated rings. The summed E-state index contributed by atoms with van der Waals surface area (Å²) in [7, 11) is 0. The number of hydrogen-bond donors (Lipinski definition) is 1. The highest BCUT2D eigenvalue weighted by Gasteiger charge is 2.35. The SMILES string of the molecule is CC1(C)COc2c(C(=O)N3CCCN(C(N)=O)CC3)cccc21. The molecule has 0 radical (unpaired) electrons. The number of nitrogens with zero attached hydrogens (tertiary/aromatic N) is 2. The van der Waals surface area contributed by atoms with Crippen LogP contribution in [0.3, 0.4) is 0 Å². The highest BCUT2D eigenvalue weighted by atomic mass is 16.5. The third kappa shape index (κ3) is 2.85. The molecule has 0 spiro atoms. The molecular weight excluding hydrogens is 294 g/mol. The van der Waals surface area contributed by atoms with E-state index in [2.05, 4.69) is 13.8 Å². The van der Waals surface area contributed by atoms with Gasteiger partial charge >= 0.3 is 6.03 Å². The fourth-order valence-electron chi connectivity index (χ4n) is 3.24. The van der Waals surface area contributed by atoms with Gasteiger partial charge in [0.15, 0.2) is 0 Å². The lowest BCUT2D eigenvalue weighted by molar-refractivity contribution is 0.0758. The molecule has 124 valence electrons. The van der Waals surface area contributed by atoms with Crippen molar-refractivity contribution in [1.82, 2.24) is 9.80 Å². The lowest BCUT2D eigenvalue weighted by Crippen LogP contribution is -2.39. The Morgan fingerprint density at radius 2 is 1.83 bits per heavy atom. The third-order valence-electron chi connectivity index (χ3n) is 4.65. The van der Waals surface area contributed by atoms with Gasteiger partial charge in [0.05, 0.1) is 12.2 Å². The van der Waals surface area contributed by atoms with Gasteiger partial charge in [-0.15, -0.1) is 0 Å². The van der Waals surface area contributed by atoms with Crippen LogP contribution in [0.25, 0.3) is 0 Å². The molecule has 1 saturated heterocycles. The lowest BCUT2D eigenvalue weighted by atomic mass is 9.86. The number of hydrogen-bond acceptors (Lipinski definition) is 3. The van der Waals surface area contributed by atoms with E-state index in [0.717, 1.165) is 12.0 Å². The maximum atomic E-state index is 12.9. The first-order valence-electron chi connectivity index (χ1n) is 8.00. The minimum absolute atomic E-state index is 0.0362. The van der Waals surface area contributed by atoms with Crippen LogP contribution in [0.2, 0.25) is 0 Å². The van der Waals surface area contributed by atoms with Crippen molar-refractivity contribution < 1.29 is 14.3 Å². The number of amides is 3. The molecule has 0 unspecified atom stereocenters. The zero-order valence-electron chi connectivity index (χ0n) is 13.7. The largest absolute Gasteiger partial charge is 0.492 e. The van der Waals surface area contributed by atoms with Crippen LogP contribution in [0.4, 0.5) is 4.79 Å². The summed E-state index contributed by atoms with van der Waals surface area (Å²) >= 11 is 0. The van der Waals surface area contributed by atoms with Gasteiger partial charge in [-0.25, -0.2) is 4.79 Å². The van der Waals surface area contributed by atoms with Gasteiger partial charge in [0, 0.05) is 37.2 Å². The van der Waals surface area contributed by atoms with Gasteiger partial charge in [-0.2, -0.15) is 0 Å². The van der Waals surface area contributed by atoms with Crippen LogP contribution in [0.15, 0.2) is 18.2 Å². The molecule has 0 bridgehead atoms. The van der Waals surface area contributed by atoms with Gasteiger partial charge in [0.2, 0.25) is 0 Å². The van der Waals surface area contributed by atoms with E-state index in [0.29, 0.717) is 44.1 Å². The molecule has 1 aromatic carbocycles. The van der Waals surface area contributed by atoms with E-state index in [-0.39, 0.29) is 11.3 Å². The number of carbonyl (C=O) groups excluding carboxylic acids is 2. The van der Waals surface area contributed by atoms with Crippen molar-refractivity contribution in [1.29, 1.82) is 0 Å². The number of urea groups is 1. The van der Waals surface area contributed by atoms with Crippen molar-refractivity contribution >= 4 is 11.9 Å². The van der Waals surface area contributed by atoms with Crippen LogP contribution >= 0.6 is 0 Å². The topological polar surface area (TPSA) is 75.9 Å². The van der Waals surface area contributed by atoms with E-state index in [1.165, 1.54) is 0 Å². The number of benzene rings is 1. The second-order valence-electron chi connectivity index (χ2n) is 6.83. The molecule has 6 nitrogen and oxygen atoms in total. The van der Waals surface area contributed by atoms with Gasteiger partial charge in [0.25, 0.3) is 5.91 Å². The second-order valence-corrected chi connectivity index (χ2v) is 6.83. The molecule has 0 aliphatic carbocycles. The van der Waals surface area contributed by atoms with Gasteiger partial charge in [-0.3, -0.25) is 4.79 Å². The zero-order chi connectivity index (χ0) is 16.6. The van der Waals surface area contributed by atoms with Gasteiger partial charge < -0.3 is 20.3 Å². The fourth-order valence-corrected chi connectivity index (χ4v) is 3.24. The Hall–Kier alpha value is -2.24. The molecule has 1 aromatic rings. The summed E-state index contributed by atoms with van der Waals surface area (Å²) in [5.74, 6) is 0.671. The third-order valence-corrected chi connectivity index (χ3v) is 4.65. The van der Waals surface area contributed by atoms with E-state index >= 15 is 0 Å². The monoisotopic (exact) mass is 317 g/mol. The summed E-state index contributed by atoms with van der Waals surface area (Å²) in [6, 6.07) is 5.33. The lowest BCUT2D eigenvalue weighted by Gasteiger charge is -2.22. The van der Waals surface area contributed by atoms with E-state index in [9.17, 15) is 9.59 Å². The predicted octanol–water partition coefficient (Wildman–Crippen LogP) is 1.58. The zero-order valence-corrected chi connectivity index (χ0v) is 13.7. The number of rotatable bonds is 1. The van der Waals surface area contributed by atoms with E-state index in [4.69, 9.17) is 10.5 Å². The summed E-state index contributed by atoms with van der Waals surface area (Å²) < 4.78 is 5.82. The molecule has 6 heteroatoms. The van der Waals surface area contributed by atoms with Crippen LogP contribution in [-0.4, -0.2) is 54.5 Å². The van der Waals surface area contributed by atoms with E-state index < -0.39 is 6.03 Å². The first-order valence-corrected chi connectivity index (χ1v) is 8.00. The molecular formula is C17H23N3O3. The van der Waals surface area contributed by atoms with Crippen molar-refractivity contribution in [2.75, 3.05) is 32.8 Å². The molecule has 2 aliphatic rings. The Bertz CT molecular complexity index is 642. The molecule has 23 heavy (non-hydrogen) atoms. The summed E-state index contributed by atoms with van der Waals surface area (Å²) in [5, 5.41) is 0. The number of para-hydroxylation sites is 1. The summed E-state index contributed by atoms with van der Waals surface area (Å²) in [5.41, 5.74) is 6.95. The van der Waals surface area contributed by atoms with Gasteiger partial charge in [0.1, 0.15) is 5.75 Å². The fraction of sp³-hybridized carbons (Fsp3) is 0.529. The number of fused-ring (bicyclic) bond motifs is 1. The normalized spacial score (nSPS) is 19.7. The average Bonchev–Trinajstić information content (AvgIpc) is 2.71. The first-order chi connectivity index (χ1) is 10.9. The van der Waals surface area contributed by atoms with Crippen LogP contribution in [0.5, 0.6) is 5.75 Å². The molecule has 3 rings (SSSR count). The smallest absolute Gasteiger partial charge is 0.314 e. The second kappa shape index (κ2) is 5.76. The van der Waals surface area contributed by atoms with E-state index in [1.54, 1.807) is 9.80 Å². The minimum atomic E-state index is -0.426. The molecule has 0 saturated carbocycles. The number of carbonyl (C=O) groups is 2. The summed E-state index contributed by atoms with van der Waals surface area (Å²) in [6.45, 7) is 7.00. The van der Waals surface area contributed by atoms with Crippen LogP contribution in [0, 0.1) is 0 Å². The van der Waals surface area contributed by atoms with Crippen molar-refractivity contribution in [2.45, 2.75) is 25.7 Å². The van der Waals surface area contributed by atoms with Crippen molar-refractivity contribution in [3.63, 3.8) is 0 Å². The highest BCUT2D eigenvalue weighted by Crippen LogP contribution is 2.40. The van der Waals surface area contributed by atoms with Crippen LogP contribution in [0.1, 0.15) is 36.2 Å². The van der Waals surface area contributed by atoms with E-state index in [1.807, 2.05) is 18.2 Å². The Labute approximate surface area is 136 Å².